The fourth-order valence-electron chi connectivity index (χ4n) is 2.97. The number of carbonyl (C=O) groups is 1. The topological polar surface area (TPSA) is 58.1 Å². The Kier molecular flexibility index (Phi) is 5.77. The highest BCUT2D eigenvalue weighted by Gasteiger charge is 2.11. The summed E-state index contributed by atoms with van der Waals surface area (Å²) >= 11 is 0. The van der Waals surface area contributed by atoms with Gasteiger partial charge in [0, 0.05) is 19.3 Å². The van der Waals surface area contributed by atoms with Crippen LogP contribution in [0.1, 0.15) is 42.6 Å². The lowest BCUT2D eigenvalue weighted by atomic mass is 9.97. The fourth-order valence-corrected chi connectivity index (χ4v) is 2.97. The van der Waals surface area contributed by atoms with Crippen molar-refractivity contribution in [3.05, 3.63) is 59.8 Å². The van der Waals surface area contributed by atoms with E-state index in [9.17, 15) is 4.79 Å². The second kappa shape index (κ2) is 8.42. The van der Waals surface area contributed by atoms with Gasteiger partial charge in [-0.2, -0.15) is 0 Å². The van der Waals surface area contributed by atoms with E-state index < -0.39 is 0 Å². The second-order valence-electron chi connectivity index (χ2n) is 6.29. The number of benzene rings is 1. The minimum Gasteiger partial charge on any atom is -0.350 e. The maximum absolute atomic E-state index is 12.2. The Balaban J connectivity index is 1.54. The zero-order valence-corrected chi connectivity index (χ0v) is 14.6. The minimum atomic E-state index is -0.169. The number of hydrogen-bond donors (Lipinski definition) is 1. The maximum Gasteiger partial charge on any atom is 0.271 e. The molecule has 25 heavy (non-hydrogen) atoms. The molecule has 3 rings (SSSR count). The number of amides is 1. The van der Waals surface area contributed by atoms with Gasteiger partial charge in [-0.15, -0.1) is 10.2 Å². The van der Waals surface area contributed by atoms with E-state index in [0.29, 0.717) is 18.1 Å². The lowest BCUT2D eigenvalue weighted by Crippen LogP contribution is -2.26. The first-order valence-electron chi connectivity index (χ1n) is 8.82. The SMILES string of the molecule is CN(c1ccccc1)c1ccc(C(=O)NCCC2=CCCCC2)nn1. The van der Waals surface area contributed by atoms with Crippen LogP contribution in [0.4, 0.5) is 11.5 Å². The fraction of sp³-hybridized carbons (Fsp3) is 0.350. The van der Waals surface area contributed by atoms with E-state index in [4.69, 9.17) is 0 Å². The van der Waals surface area contributed by atoms with Crippen LogP contribution in [-0.2, 0) is 0 Å². The first-order valence-corrected chi connectivity index (χ1v) is 8.82. The van der Waals surface area contributed by atoms with Gasteiger partial charge in [0.2, 0.25) is 0 Å². The summed E-state index contributed by atoms with van der Waals surface area (Å²) in [6.07, 6.45) is 8.12. The molecule has 0 aliphatic heterocycles. The Morgan fingerprint density at radius 2 is 1.96 bits per heavy atom. The Labute approximate surface area is 148 Å². The Bertz CT molecular complexity index is 725. The van der Waals surface area contributed by atoms with Crippen molar-refractivity contribution in [2.75, 3.05) is 18.5 Å². The Hall–Kier alpha value is -2.69. The largest absolute Gasteiger partial charge is 0.350 e. The van der Waals surface area contributed by atoms with E-state index in [2.05, 4.69) is 21.6 Å². The molecule has 130 valence electrons. The van der Waals surface area contributed by atoms with Gasteiger partial charge in [-0.05, 0) is 56.4 Å². The average Bonchev–Trinajstić information content (AvgIpc) is 2.69. The standard InChI is InChI=1S/C20H24N4O/c1-24(17-10-6-3-7-11-17)19-13-12-18(22-23-19)20(25)21-15-14-16-8-4-2-5-9-16/h3,6-8,10-13H,2,4-5,9,14-15H2,1H3,(H,21,25). The van der Waals surface area contributed by atoms with Gasteiger partial charge in [0.1, 0.15) is 0 Å². The first-order chi connectivity index (χ1) is 12.2. The number of anilines is 2. The van der Waals surface area contributed by atoms with Gasteiger partial charge in [-0.25, -0.2) is 0 Å². The lowest BCUT2D eigenvalue weighted by Gasteiger charge is -2.17. The summed E-state index contributed by atoms with van der Waals surface area (Å²) in [6, 6.07) is 13.5. The van der Waals surface area contributed by atoms with Gasteiger partial charge in [-0.1, -0.05) is 29.8 Å². The third-order valence-electron chi connectivity index (χ3n) is 4.49. The van der Waals surface area contributed by atoms with Crippen LogP contribution in [0.3, 0.4) is 0 Å². The summed E-state index contributed by atoms with van der Waals surface area (Å²) in [7, 11) is 1.93. The molecule has 0 atom stereocenters. The molecule has 1 aliphatic carbocycles. The molecule has 1 aliphatic rings. The third-order valence-corrected chi connectivity index (χ3v) is 4.49. The number of nitrogens with zero attached hydrogens (tertiary/aromatic N) is 3. The average molecular weight is 336 g/mol. The predicted molar refractivity (Wildman–Crippen MR) is 100 cm³/mol. The molecule has 0 fully saturated rings. The highest BCUT2D eigenvalue weighted by atomic mass is 16.1. The summed E-state index contributed by atoms with van der Waals surface area (Å²) in [5, 5.41) is 11.2. The van der Waals surface area contributed by atoms with Gasteiger partial charge >= 0.3 is 0 Å². The molecule has 1 aromatic heterocycles. The molecule has 0 saturated carbocycles. The van der Waals surface area contributed by atoms with Crippen LogP contribution >= 0.6 is 0 Å². The molecule has 1 N–H and O–H groups in total. The number of nitrogens with one attached hydrogen (secondary N) is 1. The van der Waals surface area contributed by atoms with E-state index in [0.717, 1.165) is 18.5 Å². The molecule has 2 aromatic rings. The molecule has 0 unspecified atom stereocenters. The van der Waals surface area contributed by atoms with Crippen LogP contribution in [0, 0.1) is 0 Å². The molecule has 1 heterocycles. The van der Waals surface area contributed by atoms with Crippen molar-refractivity contribution in [3.8, 4) is 0 Å². The zero-order valence-electron chi connectivity index (χ0n) is 14.6. The van der Waals surface area contributed by atoms with Gasteiger partial charge in [0.05, 0.1) is 0 Å². The van der Waals surface area contributed by atoms with Crippen LogP contribution in [0.15, 0.2) is 54.1 Å². The summed E-state index contributed by atoms with van der Waals surface area (Å²) < 4.78 is 0. The molecule has 0 saturated heterocycles. The lowest BCUT2D eigenvalue weighted by molar-refractivity contribution is 0.0948. The number of allylic oxidation sites excluding steroid dienone is 1. The minimum absolute atomic E-state index is 0.169. The molecule has 5 heteroatoms. The van der Waals surface area contributed by atoms with Gasteiger partial charge < -0.3 is 10.2 Å². The number of para-hydroxylation sites is 1. The predicted octanol–water partition coefficient (Wildman–Crippen LogP) is 3.86. The Morgan fingerprint density at radius 1 is 1.12 bits per heavy atom. The van der Waals surface area contributed by atoms with Crippen molar-refractivity contribution in [3.63, 3.8) is 0 Å². The Morgan fingerprint density at radius 3 is 2.64 bits per heavy atom. The van der Waals surface area contributed by atoms with E-state index >= 15 is 0 Å². The third kappa shape index (κ3) is 4.66. The van der Waals surface area contributed by atoms with Crippen molar-refractivity contribution in [1.29, 1.82) is 0 Å². The van der Waals surface area contributed by atoms with Gasteiger partial charge in [0.25, 0.3) is 5.91 Å². The normalized spacial score (nSPS) is 13.9. The highest BCUT2D eigenvalue weighted by Crippen LogP contribution is 2.21. The molecular weight excluding hydrogens is 312 g/mol. The van der Waals surface area contributed by atoms with E-state index in [1.165, 1.54) is 24.8 Å². The van der Waals surface area contributed by atoms with Gasteiger partial charge in [0.15, 0.2) is 11.5 Å². The van der Waals surface area contributed by atoms with Crippen molar-refractivity contribution in [1.82, 2.24) is 15.5 Å². The number of rotatable bonds is 6. The van der Waals surface area contributed by atoms with Crippen molar-refractivity contribution in [2.45, 2.75) is 32.1 Å². The zero-order chi connectivity index (χ0) is 17.5. The maximum atomic E-state index is 12.2. The van der Waals surface area contributed by atoms with Crippen LogP contribution in [0.5, 0.6) is 0 Å². The molecule has 0 spiro atoms. The number of hydrogen-bond acceptors (Lipinski definition) is 4. The molecular formula is C20H24N4O. The van der Waals surface area contributed by atoms with Crippen molar-refractivity contribution in [2.24, 2.45) is 0 Å². The quantitative estimate of drug-likeness (QED) is 0.814. The number of aromatic nitrogens is 2. The van der Waals surface area contributed by atoms with Crippen LogP contribution in [0.25, 0.3) is 0 Å². The molecule has 1 amide bonds. The van der Waals surface area contributed by atoms with Crippen LogP contribution < -0.4 is 10.2 Å². The molecule has 5 nitrogen and oxygen atoms in total. The summed E-state index contributed by atoms with van der Waals surface area (Å²) in [5.74, 6) is 0.535. The molecule has 0 radical (unpaired) electrons. The van der Waals surface area contributed by atoms with Gasteiger partial charge in [-0.3, -0.25) is 4.79 Å². The van der Waals surface area contributed by atoms with Crippen molar-refractivity contribution < 1.29 is 4.79 Å². The smallest absolute Gasteiger partial charge is 0.271 e. The first kappa shape index (κ1) is 17.1. The highest BCUT2D eigenvalue weighted by molar-refractivity contribution is 5.92. The van der Waals surface area contributed by atoms with E-state index in [1.54, 1.807) is 6.07 Å². The van der Waals surface area contributed by atoms with E-state index in [1.807, 2.05) is 48.3 Å². The summed E-state index contributed by atoms with van der Waals surface area (Å²) in [4.78, 5) is 14.1. The van der Waals surface area contributed by atoms with E-state index in [-0.39, 0.29) is 5.91 Å². The van der Waals surface area contributed by atoms with Crippen LogP contribution in [0.2, 0.25) is 0 Å². The molecule has 0 bridgehead atoms. The van der Waals surface area contributed by atoms with Crippen LogP contribution in [-0.4, -0.2) is 29.7 Å². The number of carbonyl (C=O) groups excluding carboxylic acids is 1. The summed E-state index contributed by atoms with van der Waals surface area (Å²) in [5.41, 5.74) is 2.83. The molecule has 1 aromatic carbocycles. The van der Waals surface area contributed by atoms with Crippen molar-refractivity contribution >= 4 is 17.4 Å². The summed E-state index contributed by atoms with van der Waals surface area (Å²) in [6.45, 7) is 0.651. The monoisotopic (exact) mass is 336 g/mol. The second-order valence-corrected chi connectivity index (χ2v) is 6.29.